The Hall–Kier alpha value is -0.243. The fourth-order valence-electron chi connectivity index (χ4n) is 3.27. The Kier molecular flexibility index (Phi) is 9.38. The van der Waals surface area contributed by atoms with Gasteiger partial charge in [0, 0.05) is 13.2 Å². The van der Waals surface area contributed by atoms with Crippen molar-refractivity contribution in [2.45, 2.75) is 116 Å². The number of ether oxygens (including phenoxy) is 4. The molecule has 0 bridgehead atoms. The average molecular weight is 429 g/mol. The van der Waals surface area contributed by atoms with Gasteiger partial charge in [0.1, 0.15) is 6.10 Å². The summed E-state index contributed by atoms with van der Waals surface area (Å²) in [5, 5.41) is 0.261. The van der Waals surface area contributed by atoms with Crippen LogP contribution < -0.4 is 0 Å². The van der Waals surface area contributed by atoms with E-state index in [1.165, 1.54) is 6.42 Å². The zero-order chi connectivity index (χ0) is 21.5. The summed E-state index contributed by atoms with van der Waals surface area (Å²) in [6.45, 7) is 17.6. The van der Waals surface area contributed by atoms with Crippen molar-refractivity contribution in [3.63, 3.8) is 0 Å². The fourth-order valence-corrected chi connectivity index (χ4v) is 4.36. The lowest BCUT2D eigenvalue weighted by Crippen LogP contribution is -2.40. The van der Waals surface area contributed by atoms with E-state index in [1.807, 2.05) is 13.8 Å². The molecule has 29 heavy (non-hydrogen) atoms. The summed E-state index contributed by atoms with van der Waals surface area (Å²) in [6, 6.07) is 0. The van der Waals surface area contributed by atoms with E-state index in [-0.39, 0.29) is 23.5 Å². The Labute approximate surface area is 179 Å². The van der Waals surface area contributed by atoms with Crippen LogP contribution in [0.25, 0.3) is 0 Å². The smallest absolute Gasteiger partial charge is 0.191 e. The summed E-state index contributed by atoms with van der Waals surface area (Å²) in [5.74, 6) is -0.501. The molecule has 0 aromatic carbocycles. The van der Waals surface area contributed by atoms with Crippen molar-refractivity contribution in [2.24, 2.45) is 0 Å². The zero-order valence-electron chi connectivity index (χ0n) is 19.8. The normalized spacial score (nSPS) is 26.9. The number of unbranched alkanes of at least 4 members (excludes halogenated alkanes) is 1. The molecule has 0 N–H and O–H groups in total. The third kappa shape index (κ3) is 8.80. The van der Waals surface area contributed by atoms with Gasteiger partial charge >= 0.3 is 0 Å². The van der Waals surface area contributed by atoms with Crippen molar-refractivity contribution in [1.29, 1.82) is 0 Å². The molecule has 2 heterocycles. The number of hydrogen-bond donors (Lipinski definition) is 0. The third-order valence-corrected chi connectivity index (χ3v) is 10.7. The quantitative estimate of drug-likeness (QED) is 0.250. The first-order chi connectivity index (χ1) is 13.5. The van der Waals surface area contributed by atoms with Crippen LogP contribution in [0.5, 0.6) is 0 Å². The van der Waals surface area contributed by atoms with Crippen molar-refractivity contribution in [1.82, 2.24) is 0 Å². The molecule has 2 saturated heterocycles. The fraction of sp³-hybridized carbons (Fsp3) is 0.913. The lowest BCUT2D eigenvalue weighted by Gasteiger charge is -2.36. The molecule has 0 aromatic rings. The highest BCUT2D eigenvalue weighted by Crippen LogP contribution is 2.36. The monoisotopic (exact) mass is 428 g/mol. The molecule has 2 fully saturated rings. The first-order valence-corrected chi connectivity index (χ1v) is 14.3. The molecular weight excluding hydrogens is 384 g/mol. The highest BCUT2D eigenvalue weighted by atomic mass is 28.4. The third-order valence-electron chi connectivity index (χ3n) is 6.19. The Morgan fingerprint density at radius 3 is 2.52 bits per heavy atom. The summed E-state index contributed by atoms with van der Waals surface area (Å²) in [7, 11) is -1.66. The molecule has 2 unspecified atom stereocenters. The maximum absolute atomic E-state index is 6.31. The van der Waals surface area contributed by atoms with Crippen molar-refractivity contribution in [3.05, 3.63) is 12.2 Å². The van der Waals surface area contributed by atoms with Gasteiger partial charge in [0.15, 0.2) is 20.4 Å². The molecule has 2 rings (SSSR count). The maximum atomic E-state index is 6.31. The minimum Gasteiger partial charge on any atom is -0.417 e. The molecule has 0 amide bonds. The van der Waals surface area contributed by atoms with Gasteiger partial charge in [0.05, 0.1) is 12.7 Å². The van der Waals surface area contributed by atoms with Crippen LogP contribution >= 0.6 is 0 Å². The van der Waals surface area contributed by atoms with Crippen LogP contribution in [0.2, 0.25) is 18.1 Å². The summed E-state index contributed by atoms with van der Waals surface area (Å²) in [6.07, 6.45) is 10.6. The van der Waals surface area contributed by atoms with Crippen LogP contribution in [0.3, 0.4) is 0 Å². The molecule has 6 heteroatoms. The predicted molar refractivity (Wildman–Crippen MR) is 120 cm³/mol. The molecule has 170 valence electrons. The summed E-state index contributed by atoms with van der Waals surface area (Å²) >= 11 is 0. The Morgan fingerprint density at radius 1 is 1.17 bits per heavy atom. The van der Waals surface area contributed by atoms with Crippen LogP contribution in [0.15, 0.2) is 12.2 Å². The largest absolute Gasteiger partial charge is 0.417 e. The standard InChI is InChI=1S/C23H44O5Si/c1-22(2,3)29(6,7)26-17-11-8-12-19(27-21-13-9-10-16-24-21)14-15-20-18-25-23(4,5)28-20/h14-15,19-21H,8-13,16-18H2,1-7H3/b15-14+/t19?,20-,21?/m0/s1. The molecular formula is C23H44O5Si. The summed E-state index contributed by atoms with van der Waals surface area (Å²) in [4.78, 5) is 0. The highest BCUT2D eigenvalue weighted by Gasteiger charge is 2.36. The molecule has 2 aliphatic rings. The molecule has 0 aromatic heterocycles. The van der Waals surface area contributed by atoms with Crippen LogP contribution in [0, 0.1) is 0 Å². The molecule has 0 saturated carbocycles. The topological polar surface area (TPSA) is 46.2 Å². The Morgan fingerprint density at radius 2 is 1.93 bits per heavy atom. The summed E-state index contributed by atoms with van der Waals surface area (Å²) in [5.41, 5.74) is 0. The van der Waals surface area contributed by atoms with Gasteiger partial charge in [-0.2, -0.15) is 0 Å². The van der Waals surface area contributed by atoms with Gasteiger partial charge in [-0.15, -0.1) is 0 Å². The predicted octanol–water partition coefficient (Wildman–Crippen LogP) is 5.80. The molecule has 3 atom stereocenters. The van der Waals surface area contributed by atoms with Gasteiger partial charge in [-0.1, -0.05) is 32.9 Å². The zero-order valence-corrected chi connectivity index (χ0v) is 20.8. The van der Waals surface area contributed by atoms with Crippen LogP contribution in [-0.4, -0.2) is 52.4 Å². The van der Waals surface area contributed by atoms with Crippen LogP contribution in [-0.2, 0) is 23.4 Å². The van der Waals surface area contributed by atoms with E-state index < -0.39 is 14.1 Å². The molecule has 0 aliphatic carbocycles. The van der Waals surface area contributed by atoms with E-state index in [2.05, 4.69) is 46.0 Å². The van der Waals surface area contributed by atoms with Crippen molar-refractivity contribution in [3.8, 4) is 0 Å². The first kappa shape index (κ1) is 25.0. The highest BCUT2D eigenvalue weighted by molar-refractivity contribution is 6.74. The lowest BCUT2D eigenvalue weighted by molar-refractivity contribution is -0.179. The number of hydrogen-bond acceptors (Lipinski definition) is 5. The van der Waals surface area contributed by atoms with E-state index in [4.69, 9.17) is 23.4 Å². The maximum Gasteiger partial charge on any atom is 0.191 e. The Balaban J connectivity index is 1.80. The molecule has 0 radical (unpaired) electrons. The van der Waals surface area contributed by atoms with Crippen molar-refractivity contribution >= 4 is 8.32 Å². The van der Waals surface area contributed by atoms with Gasteiger partial charge in [0.25, 0.3) is 0 Å². The molecule has 5 nitrogen and oxygen atoms in total. The van der Waals surface area contributed by atoms with E-state index in [0.29, 0.717) is 6.61 Å². The van der Waals surface area contributed by atoms with E-state index >= 15 is 0 Å². The minimum atomic E-state index is -1.66. The molecule has 0 spiro atoms. The lowest BCUT2D eigenvalue weighted by atomic mass is 10.1. The molecule has 2 aliphatic heterocycles. The number of rotatable bonds is 10. The first-order valence-electron chi connectivity index (χ1n) is 11.4. The summed E-state index contributed by atoms with van der Waals surface area (Å²) < 4.78 is 29.9. The second-order valence-corrected chi connectivity index (χ2v) is 15.1. The average Bonchev–Trinajstić information content (AvgIpc) is 2.98. The van der Waals surface area contributed by atoms with Gasteiger partial charge in [-0.25, -0.2) is 0 Å². The second kappa shape index (κ2) is 10.9. The second-order valence-electron chi connectivity index (χ2n) is 10.3. The van der Waals surface area contributed by atoms with E-state index in [9.17, 15) is 0 Å². The van der Waals surface area contributed by atoms with E-state index in [1.54, 1.807) is 0 Å². The van der Waals surface area contributed by atoms with Gasteiger partial charge in [-0.05, 0) is 70.5 Å². The van der Waals surface area contributed by atoms with Crippen molar-refractivity contribution < 1.29 is 23.4 Å². The van der Waals surface area contributed by atoms with Crippen LogP contribution in [0.1, 0.15) is 73.1 Å². The van der Waals surface area contributed by atoms with Crippen LogP contribution in [0.4, 0.5) is 0 Å². The van der Waals surface area contributed by atoms with Gasteiger partial charge < -0.3 is 23.4 Å². The van der Waals surface area contributed by atoms with Crippen molar-refractivity contribution in [2.75, 3.05) is 19.8 Å². The van der Waals surface area contributed by atoms with E-state index in [0.717, 1.165) is 45.3 Å². The minimum absolute atomic E-state index is 0.00899. The van der Waals surface area contributed by atoms with Gasteiger partial charge in [-0.3, -0.25) is 0 Å². The Bertz CT molecular complexity index is 506. The van der Waals surface area contributed by atoms with Gasteiger partial charge in [0.2, 0.25) is 0 Å². The SMILES string of the molecule is CC1(C)OC[C@H](/C=C/C(CCCCO[Si](C)(C)C(C)(C)C)OC2CCCCO2)O1.